The minimum absolute atomic E-state index is 0.00619. The Bertz CT molecular complexity index is 130. The van der Waals surface area contributed by atoms with Crippen LogP contribution < -0.4 is 0 Å². The molecule has 0 aromatic heterocycles. The maximum absolute atomic E-state index is 9.53. The third-order valence-electron chi connectivity index (χ3n) is 2.49. The summed E-state index contributed by atoms with van der Waals surface area (Å²) in [6.07, 6.45) is 4.02. The van der Waals surface area contributed by atoms with Crippen LogP contribution in [0.5, 0.6) is 0 Å². The Balaban J connectivity index is 3.28. The Morgan fingerprint density at radius 2 is 1.20 bits per heavy atom. The summed E-state index contributed by atoms with van der Waals surface area (Å²) in [5, 5.41) is 35.9. The predicted molar refractivity (Wildman–Crippen MR) is 58.5 cm³/mol. The van der Waals surface area contributed by atoms with Crippen molar-refractivity contribution < 1.29 is 20.4 Å². The van der Waals surface area contributed by atoms with Crippen molar-refractivity contribution in [1.29, 1.82) is 0 Å². The van der Waals surface area contributed by atoms with E-state index in [1.54, 1.807) is 0 Å². The van der Waals surface area contributed by atoms with Gasteiger partial charge in [-0.3, -0.25) is 0 Å². The van der Waals surface area contributed by atoms with Crippen LogP contribution in [0.25, 0.3) is 0 Å². The highest BCUT2D eigenvalue weighted by Gasteiger charge is 2.08. The van der Waals surface area contributed by atoms with E-state index in [1.165, 1.54) is 0 Å². The highest BCUT2D eigenvalue weighted by Crippen LogP contribution is 2.10. The molecule has 2 atom stereocenters. The lowest BCUT2D eigenvalue weighted by molar-refractivity contribution is 0.0898. The fourth-order valence-corrected chi connectivity index (χ4v) is 1.49. The van der Waals surface area contributed by atoms with E-state index in [2.05, 4.69) is 0 Å². The molecule has 0 aliphatic heterocycles. The fourth-order valence-electron chi connectivity index (χ4n) is 1.49. The lowest BCUT2D eigenvalue weighted by Crippen LogP contribution is -2.14. The summed E-state index contributed by atoms with van der Waals surface area (Å²) in [6, 6.07) is 0. The molecule has 4 nitrogen and oxygen atoms in total. The molecule has 0 aliphatic carbocycles. The van der Waals surface area contributed by atoms with Gasteiger partial charge in [0.1, 0.15) is 0 Å². The van der Waals surface area contributed by atoms with Crippen molar-refractivity contribution in [1.82, 2.24) is 0 Å². The van der Waals surface area contributed by atoms with E-state index in [9.17, 15) is 10.2 Å². The van der Waals surface area contributed by atoms with Crippen LogP contribution in [0.3, 0.4) is 0 Å². The molecule has 4 heteroatoms. The van der Waals surface area contributed by atoms with Crippen molar-refractivity contribution in [2.45, 2.75) is 57.2 Å². The molecule has 0 amide bonds. The summed E-state index contributed by atoms with van der Waals surface area (Å²) in [7, 11) is 0. The lowest BCUT2D eigenvalue weighted by atomic mass is 10.0. The average molecular weight is 220 g/mol. The third-order valence-corrected chi connectivity index (χ3v) is 2.49. The van der Waals surface area contributed by atoms with Crippen molar-refractivity contribution in [3.8, 4) is 0 Å². The second-order valence-electron chi connectivity index (χ2n) is 3.97. The second-order valence-corrected chi connectivity index (χ2v) is 3.97. The first-order chi connectivity index (χ1) is 7.20. The normalized spacial score (nSPS) is 15.2. The van der Waals surface area contributed by atoms with E-state index in [4.69, 9.17) is 10.2 Å². The summed E-state index contributed by atoms with van der Waals surface area (Å²) in [6.45, 7) is 0.207. The molecule has 0 fully saturated rings. The van der Waals surface area contributed by atoms with Crippen LogP contribution in [-0.4, -0.2) is 45.8 Å². The molecule has 0 radical (unpaired) electrons. The molecule has 0 aliphatic rings. The Morgan fingerprint density at radius 3 is 1.73 bits per heavy atom. The lowest BCUT2D eigenvalue weighted by Gasteiger charge is -2.13. The number of unbranched alkanes of at least 4 members (excludes halogenated alkanes) is 2. The van der Waals surface area contributed by atoms with Crippen molar-refractivity contribution in [2.24, 2.45) is 0 Å². The Labute approximate surface area is 91.6 Å². The molecular formula is C11H24O4. The zero-order valence-electron chi connectivity index (χ0n) is 9.31. The van der Waals surface area contributed by atoms with Crippen LogP contribution in [0.1, 0.15) is 44.9 Å². The summed E-state index contributed by atoms with van der Waals surface area (Å²) >= 11 is 0. The average Bonchev–Trinajstić information content (AvgIpc) is 2.22. The smallest absolute Gasteiger partial charge is 0.0563 e. The number of aliphatic hydroxyl groups is 4. The highest BCUT2D eigenvalue weighted by atomic mass is 16.3. The standard InChI is InChI=1S/C11H24O4/c12-8-3-1-2-4-10(14)5-6-11(15)7-9-13/h10-15H,1-9H2/t10?,11-/m1/s1. The van der Waals surface area contributed by atoms with Crippen molar-refractivity contribution in [2.75, 3.05) is 13.2 Å². The minimum atomic E-state index is -0.498. The van der Waals surface area contributed by atoms with Gasteiger partial charge in [-0.05, 0) is 32.1 Å². The van der Waals surface area contributed by atoms with Crippen molar-refractivity contribution in [3.05, 3.63) is 0 Å². The largest absolute Gasteiger partial charge is 0.396 e. The molecule has 0 aromatic carbocycles. The molecule has 0 saturated heterocycles. The summed E-state index contributed by atoms with van der Waals surface area (Å²) in [4.78, 5) is 0. The monoisotopic (exact) mass is 220 g/mol. The van der Waals surface area contributed by atoms with Gasteiger partial charge in [-0.25, -0.2) is 0 Å². The van der Waals surface area contributed by atoms with E-state index in [1.807, 2.05) is 0 Å². The van der Waals surface area contributed by atoms with Gasteiger partial charge in [0, 0.05) is 13.2 Å². The predicted octanol–water partition coefficient (Wildman–Crippen LogP) is 0.423. The van der Waals surface area contributed by atoms with E-state index >= 15 is 0 Å². The quantitative estimate of drug-likeness (QED) is 0.402. The maximum atomic E-state index is 9.53. The van der Waals surface area contributed by atoms with Gasteiger partial charge in [0.05, 0.1) is 12.2 Å². The molecule has 1 unspecified atom stereocenters. The molecule has 92 valence electrons. The van der Waals surface area contributed by atoms with Gasteiger partial charge >= 0.3 is 0 Å². The summed E-state index contributed by atoms with van der Waals surface area (Å²) in [5.74, 6) is 0. The first-order valence-electron chi connectivity index (χ1n) is 5.78. The maximum Gasteiger partial charge on any atom is 0.0563 e. The number of rotatable bonds is 10. The molecule has 0 bridgehead atoms. The first-order valence-corrected chi connectivity index (χ1v) is 5.78. The van der Waals surface area contributed by atoms with E-state index in [0.717, 1.165) is 25.7 Å². The highest BCUT2D eigenvalue weighted by molar-refractivity contribution is 4.61. The summed E-state index contributed by atoms with van der Waals surface area (Å²) < 4.78 is 0. The van der Waals surface area contributed by atoms with Gasteiger partial charge in [0.25, 0.3) is 0 Å². The Kier molecular flexibility index (Phi) is 10.3. The molecule has 4 N–H and O–H groups in total. The minimum Gasteiger partial charge on any atom is -0.396 e. The second kappa shape index (κ2) is 10.4. The molecule has 0 spiro atoms. The van der Waals surface area contributed by atoms with Crippen molar-refractivity contribution in [3.63, 3.8) is 0 Å². The summed E-state index contributed by atoms with van der Waals surface area (Å²) in [5.41, 5.74) is 0. The molecule has 0 aromatic rings. The van der Waals surface area contributed by atoms with Crippen LogP contribution in [-0.2, 0) is 0 Å². The fraction of sp³-hybridized carbons (Fsp3) is 1.00. The van der Waals surface area contributed by atoms with Crippen LogP contribution >= 0.6 is 0 Å². The molecule has 15 heavy (non-hydrogen) atoms. The molecule has 0 saturated carbocycles. The van der Waals surface area contributed by atoms with Crippen LogP contribution in [0, 0.1) is 0 Å². The number of aliphatic hydroxyl groups excluding tert-OH is 4. The molecular weight excluding hydrogens is 196 g/mol. The van der Waals surface area contributed by atoms with Crippen LogP contribution in [0.15, 0.2) is 0 Å². The number of hydrogen-bond acceptors (Lipinski definition) is 4. The number of hydrogen-bond donors (Lipinski definition) is 4. The van der Waals surface area contributed by atoms with E-state index in [-0.39, 0.29) is 19.3 Å². The topological polar surface area (TPSA) is 80.9 Å². The van der Waals surface area contributed by atoms with E-state index in [0.29, 0.717) is 19.3 Å². The van der Waals surface area contributed by atoms with Gasteiger partial charge in [-0.15, -0.1) is 0 Å². The van der Waals surface area contributed by atoms with Gasteiger partial charge in [-0.2, -0.15) is 0 Å². The van der Waals surface area contributed by atoms with Gasteiger partial charge in [0.2, 0.25) is 0 Å². The van der Waals surface area contributed by atoms with Crippen LogP contribution in [0.4, 0.5) is 0 Å². The zero-order valence-corrected chi connectivity index (χ0v) is 9.31. The Morgan fingerprint density at radius 1 is 0.600 bits per heavy atom. The molecule has 0 heterocycles. The van der Waals surface area contributed by atoms with Crippen molar-refractivity contribution >= 4 is 0 Å². The Hall–Kier alpha value is -0.160. The van der Waals surface area contributed by atoms with Crippen LogP contribution in [0.2, 0.25) is 0 Å². The van der Waals surface area contributed by atoms with Gasteiger partial charge < -0.3 is 20.4 Å². The van der Waals surface area contributed by atoms with Gasteiger partial charge in [-0.1, -0.05) is 12.8 Å². The SMILES string of the molecule is OCCCCCC(O)CC[C@@H](O)CCO. The first kappa shape index (κ1) is 14.8. The van der Waals surface area contributed by atoms with Gasteiger partial charge in [0.15, 0.2) is 0 Å². The third kappa shape index (κ3) is 10.1. The zero-order chi connectivity index (χ0) is 11.5. The van der Waals surface area contributed by atoms with E-state index < -0.39 is 6.10 Å². The molecule has 0 rings (SSSR count).